The zero-order valence-corrected chi connectivity index (χ0v) is 25.2. The SMILES string of the molecule is CC(NC(=O)CN1CCOCC1)C(=O)NC(Cc1coc2ccccc12)C(=O)NC(CC1CCCC1)C(=O)CC1(C)CO1. The third kappa shape index (κ3) is 8.64. The van der Waals surface area contributed by atoms with Crippen LogP contribution in [0, 0.1) is 5.92 Å². The molecule has 1 aromatic carbocycles. The fourth-order valence-electron chi connectivity index (χ4n) is 6.07. The predicted octanol–water partition coefficient (Wildman–Crippen LogP) is 2.11. The van der Waals surface area contributed by atoms with E-state index in [1.165, 1.54) is 0 Å². The maximum Gasteiger partial charge on any atom is 0.243 e. The predicted molar refractivity (Wildman–Crippen MR) is 159 cm³/mol. The fraction of sp³-hybridized carbons (Fsp3) is 0.625. The monoisotopic (exact) mass is 596 g/mol. The van der Waals surface area contributed by atoms with E-state index < -0.39 is 35.5 Å². The normalized spacial score (nSPS) is 22.9. The highest BCUT2D eigenvalue weighted by atomic mass is 16.6. The highest BCUT2D eigenvalue weighted by molar-refractivity contribution is 5.95. The first-order valence-corrected chi connectivity index (χ1v) is 15.5. The summed E-state index contributed by atoms with van der Waals surface area (Å²) in [4.78, 5) is 55.2. The van der Waals surface area contributed by atoms with Crippen molar-refractivity contribution < 1.29 is 33.1 Å². The van der Waals surface area contributed by atoms with Gasteiger partial charge in [-0.25, -0.2) is 0 Å². The standard InChI is InChI=1S/C32H44N4O7/c1-21(33-29(38)18-36-11-13-41-14-12-36)30(39)35-26(16-23-19-42-28-10-6-5-9-24(23)28)31(40)34-25(15-22-7-3-4-8-22)27(37)17-32(2)20-43-32/h5-6,9-10,19,21-22,25-26H,3-4,7-8,11-18,20H2,1-2H3,(H,33,38)(H,34,40)(H,35,39). The van der Waals surface area contributed by atoms with Gasteiger partial charge in [0.2, 0.25) is 17.7 Å². The minimum atomic E-state index is -0.987. The summed E-state index contributed by atoms with van der Waals surface area (Å²) in [6, 6.07) is 4.98. The Kier molecular flexibility index (Phi) is 10.1. The van der Waals surface area contributed by atoms with Crippen LogP contribution in [-0.4, -0.2) is 91.6 Å². The molecule has 4 unspecified atom stereocenters. The number of ketones is 1. The van der Waals surface area contributed by atoms with Gasteiger partial charge in [0.05, 0.1) is 44.3 Å². The Labute approximate surface area is 252 Å². The summed E-state index contributed by atoms with van der Waals surface area (Å²) in [5.74, 6) is -0.883. The molecule has 1 aliphatic carbocycles. The first-order valence-electron chi connectivity index (χ1n) is 15.5. The summed E-state index contributed by atoms with van der Waals surface area (Å²) in [5, 5.41) is 9.44. The van der Waals surface area contributed by atoms with Crippen LogP contribution in [-0.2, 0) is 35.1 Å². The molecule has 2 saturated heterocycles. The second-order valence-corrected chi connectivity index (χ2v) is 12.5. The zero-order valence-electron chi connectivity index (χ0n) is 25.2. The van der Waals surface area contributed by atoms with E-state index in [0.717, 1.165) is 36.6 Å². The van der Waals surface area contributed by atoms with Crippen molar-refractivity contribution in [3.8, 4) is 0 Å². The molecule has 11 nitrogen and oxygen atoms in total. The molecule has 3 aliphatic rings. The lowest BCUT2D eigenvalue weighted by atomic mass is 9.91. The van der Waals surface area contributed by atoms with Crippen LogP contribution < -0.4 is 16.0 Å². The molecule has 0 radical (unpaired) electrons. The number of hydrogen-bond acceptors (Lipinski definition) is 8. The van der Waals surface area contributed by atoms with Gasteiger partial charge in [0.1, 0.15) is 17.7 Å². The summed E-state index contributed by atoms with van der Waals surface area (Å²) < 4.78 is 16.5. The molecular formula is C32H44N4O7. The van der Waals surface area contributed by atoms with Gasteiger partial charge in [-0.15, -0.1) is 0 Å². The number of carbonyl (C=O) groups excluding carboxylic acids is 4. The number of amides is 3. The van der Waals surface area contributed by atoms with Crippen LogP contribution in [0.4, 0.5) is 0 Å². The maximum absolute atomic E-state index is 13.9. The molecule has 3 amide bonds. The Hall–Kier alpha value is -3.28. The Bertz CT molecular complexity index is 1290. The van der Waals surface area contributed by atoms with Crippen molar-refractivity contribution in [2.24, 2.45) is 5.92 Å². The van der Waals surface area contributed by atoms with E-state index in [1.807, 2.05) is 36.1 Å². The first kappa shape index (κ1) is 31.2. The van der Waals surface area contributed by atoms with Crippen LogP contribution in [0.3, 0.4) is 0 Å². The molecule has 1 saturated carbocycles. The van der Waals surface area contributed by atoms with Crippen LogP contribution in [0.25, 0.3) is 11.0 Å². The van der Waals surface area contributed by atoms with Crippen molar-refractivity contribution in [1.29, 1.82) is 0 Å². The Balaban J connectivity index is 1.28. The Morgan fingerprint density at radius 3 is 2.42 bits per heavy atom. The van der Waals surface area contributed by atoms with Gasteiger partial charge in [0, 0.05) is 36.9 Å². The molecule has 3 fully saturated rings. The van der Waals surface area contributed by atoms with E-state index in [1.54, 1.807) is 13.2 Å². The summed E-state index contributed by atoms with van der Waals surface area (Å²) in [6.45, 7) is 6.64. The number of fused-ring (bicyclic) bond motifs is 1. The largest absolute Gasteiger partial charge is 0.464 e. The Morgan fingerprint density at radius 2 is 1.70 bits per heavy atom. The molecule has 43 heavy (non-hydrogen) atoms. The van der Waals surface area contributed by atoms with E-state index in [2.05, 4.69) is 16.0 Å². The van der Waals surface area contributed by atoms with Crippen LogP contribution >= 0.6 is 0 Å². The van der Waals surface area contributed by atoms with Gasteiger partial charge in [-0.2, -0.15) is 0 Å². The third-order valence-corrected chi connectivity index (χ3v) is 8.79. The van der Waals surface area contributed by atoms with Crippen molar-refractivity contribution in [1.82, 2.24) is 20.9 Å². The number of furan rings is 1. The van der Waals surface area contributed by atoms with Gasteiger partial charge < -0.3 is 29.8 Å². The number of Topliss-reactive ketones (excluding diaryl/α,β-unsaturated/α-hetero) is 1. The second kappa shape index (κ2) is 14.0. The highest BCUT2D eigenvalue weighted by Gasteiger charge is 2.43. The summed E-state index contributed by atoms with van der Waals surface area (Å²) in [6.07, 6.45) is 6.89. The number of rotatable bonds is 14. The third-order valence-electron chi connectivity index (χ3n) is 8.79. The minimum absolute atomic E-state index is 0.0529. The summed E-state index contributed by atoms with van der Waals surface area (Å²) in [5.41, 5.74) is 0.977. The lowest BCUT2D eigenvalue weighted by Crippen LogP contribution is -2.56. The van der Waals surface area contributed by atoms with Gasteiger partial charge >= 0.3 is 0 Å². The number of epoxide rings is 1. The van der Waals surface area contributed by atoms with E-state index in [9.17, 15) is 19.2 Å². The molecule has 4 atom stereocenters. The number of hydrogen-bond donors (Lipinski definition) is 3. The smallest absolute Gasteiger partial charge is 0.243 e. The maximum atomic E-state index is 13.9. The van der Waals surface area contributed by atoms with Crippen molar-refractivity contribution >= 4 is 34.5 Å². The molecule has 2 aromatic rings. The highest BCUT2D eigenvalue weighted by Crippen LogP contribution is 2.33. The zero-order chi connectivity index (χ0) is 30.4. The Morgan fingerprint density at radius 1 is 1.00 bits per heavy atom. The topological polar surface area (TPSA) is 143 Å². The molecule has 0 bridgehead atoms. The van der Waals surface area contributed by atoms with E-state index in [4.69, 9.17) is 13.9 Å². The van der Waals surface area contributed by atoms with Crippen LogP contribution in [0.5, 0.6) is 0 Å². The van der Waals surface area contributed by atoms with Crippen LogP contribution in [0.15, 0.2) is 34.9 Å². The molecule has 234 valence electrons. The van der Waals surface area contributed by atoms with E-state index in [-0.39, 0.29) is 31.1 Å². The van der Waals surface area contributed by atoms with E-state index in [0.29, 0.717) is 50.8 Å². The number of nitrogens with zero attached hydrogens (tertiary/aromatic N) is 1. The quantitative estimate of drug-likeness (QED) is 0.282. The summed E-state index contributed by atoms with van der Waals surface area (Å²) in [7, 11) is 0. The van der Waals surface area contributed by atoms with E-state index >= 15 is 0 Å². The molecule has 3 N–H and O–H groups in total. The number of nitrogens with one attached hydrogen (secondary N) is 3. The molecular weight excluding hydrogens is 552 g/mol. The molecule has 3 heterocycles. The number of carbonyl (C=O) groups is 4. The number of morpholine rings is 1. The lowest BCUT2D eigenvalue weighted by molar-refractivity contribution is -0.133. The molecule has 11 heteroatoms. The van der Waals surface area contributed by atoms with Gasteiger partial charge in [-0.05, 0) is 32.3 Å². The van der Waals surface area contributed by atoms with Crippen LogP contribution in [0.1, 0.15) is 57.9 Å². The number of ether oxygens (including phenoxy) is 2. The molecule has 0 spiro atoms. The molecule has 5 rings (SSSR count). The fourth-order valence-corrected chi connectivity index (χ4v) is 6.07. The van der Waals surface area contributed by atoms with Gasteiger partial charge in [-0.3, -0.25) is 24.1 Å². The van der Waals surface area contributed by atoms with Crippen molar-refractivity contribution in [2.75, 3.05) is 39.5 Å². The number of para-hydroxylation sites is 1. The van der Waals surface area contributed by atoms with Gasteiger partial charge in [0.15, 0.2) is 5.78 Å². The lowest BCUT2D eigenvalue weighted by Gasteiger charge is -2.27. The number of benzene rings is 1. The molecule has 1 aromatic heterocycles. The van der Waals surface area contributed by atoms with Crippen molar-refractivity contribution in [2.45, 2.75) is 82.5 Å². The summed E-state index contributed by atoms with van der Waals surface area (Å²) >= 11 is 0. The average molecular weight is 597 g/mol. The first-order chi connectivity index (χ1) is 20.7. The van der Waals surface area contributed by atoms with Gasteiger partial charge in [0.25, 0.3) is 0 Å². The van der Waals surface area contributed by atoms with Gasteiger partial charge in [-0.1, -0.05) is 43.9 Å². The average Bonchev–Trinajstić information content (AvgIpc) is 3.34. The van der Waals surface area contributed by atoms with Crippen molar-refractivity contribution in [3.63, 3.8) is 0 Å². The minimum Gasteiger partial charge on any atom is -0.464 e. The second-order valence-electron chi connectivity index (χ2n) is 12.5. The molecule has 2 aliphatic heterocycles. The van der Waals surface area contributed by atoms with Crippen LogP contribution in [0.2, 0.25) is 0 Å². The van der Waals surface area contributed by atoms with Crippen molar-refractivity contribution in [3.05, 3.63) is 36.1 Å².